The molecule has 0 amide bonds. The fraction of sp³-hybridized carbons (Fsp3) is 0.130. The lowest BCUT2D eigenvalue weighted by atomic mass is 10.1. The van der Waals surface area contributed by atoms with Gasteiger partial charge in [0, 0.05) is 28.8 Å². The van der Waals surface area contributed by atoms with Crippen LogP contribution in [0.25, 0.3) is 27.8 Å². The highest BCUT2D eigenvalue weighted by atomic mass is 16.5. The zero-order chi connectivity index (χ0) is 20.5. The SMILES string of the molecule is COc1ccc2c(OCc3nnc4ccc(-c5ccccc5)nn34)c(C)cnc2c1. The van der Waals surface area contributed by atoms with E-state index in [-0.39, 0.29) is 6.61 Å². The zero-order valence-electron chi connectivity index (χ0n) is 16.6. The van der Waals surface area contributed by atoms with Crippen molar-refractivity contribution in [3.05, 3.63) is 78.2 Å². The molecule has 3 heterocycles. The maximum atomic E-state index is 6.18. The Bertz CT molecular complexity index is 1350. The molecule has 5 rings (SSSR count). The van der Waals surface area contributed by atoms with Crippen molar-refractivity contribution in [1.29, 1.82) is 0 Å². The summed E-state index contributed by atoms with van der Waals surface area (Å²) in [6.45, 7) is 2.21. The summed E-state index contributed by atoms with van der Waals surface area (Å²) in [6, 6.07) is 19.6. The fourth-order valence-corrected chi connectivity index (χ4v) is 3.39. The smallest absolute Gasteiger partial charge is 0.192 e. The Morgan fingerprint density at radius 1 is 0.967 bits per heavy atom. The molecule has 0 bridgehead atoms. The van der Waals surface area contributed by atoms with Gasteiger partial charge in [0.2, 0.25) is 0 Å². The lowest BCUT2D eigenvalue weighted by Crippen LogP contribution is -2.05. The Hall–Kier alpha value is -4.00. The number of aromatic nitrogens is 5. The average Bonchev–Trinajstić information content (AvgIpc) is 3.21. The van der Waals surface area contributed by atoms with Crippen LogP contribution >= 0.6 is 0 Å². The van der Waals surface area contributed by atoms with Gasteiger partial charge in [-0.1, -0.05) is 30.3 Å². The average molecular weight is 397 g/mol. The van der Waals surface area contributed by atoms with Gasteiger partial charge in [-0.25, -0.2) is 0 Å². The second-order valence-electron chi connectivity index (χ2n) is 6.91. The molecule has 0 atom stereocenters. The first kappa shape index (κ1) is 18.1. The van der Waals surface area contributed by atoms with Crippen molar-refractivity contribution in [2.45, 2.75) is 13.5 Å². The molecule has 0 saturated heterocycles. The maximum Gasteiger partial charge on any atom is 0.192 e. The summed E-state index contributed by atoms with van der Waals surface area (Å²) >= 11 is 0. The highest BCUT2D eigenvalue weighted by Crippen LogP contribution is 2.31. The quantitative estimate of drug-likeness (QED) is 0.442. The van der Waals surface area contributed by atoms with Crippen LogP contribution in [0.4, 0.5) is 0 Å². The molecule has 7 heteroatoms. The van der Waals surface area contributed by atoms with Gasteiger partial charge in [0.1, 0.15) is 18.1 Å². The van der Waals surface area contributed by atoms with E-state index >= 15 is 0 Å². The second-order valence-corrected chi connectivity index (χ2v) is 6.91. The van der Waals surface area contributed by atoms with Gasteiger partial charge in [-0.15, -0.1) is 10.2 Å². The lowest BCUT2D eigenvalue weighted by Gasteiger charge is -2.12. The van der Waals surface area contributed by atoms with E-state index in [2.05, 4.69) is 15.2 Å². The molecule has 0 fully saturated rings. The molecule has 5 aromatic rings. The van der Waals surface area contributed by atoms with E-state index in [0.29, 0.717) is 11.5 Å². The molecule has 0 radical (unpaired) electrons. The van der Waals surface area contributed by atoms with E-state index in [0.717, 1.165) is 39.2 Å². The van der Waals surface area contributed by atoms with Gasteiger partial charge >= 0.3 is 0 Å². The molecule has 2 aromatic carbocycles. The standard InChI is InChI=1S/C23H19N5O2/c1-15-13-24-20-12-17(29-2)8-9-18(20)23(15)30-14-22-26-25-21-11-10-19(27-28(21)22)16-6-4-3-5-7-16/h3-13H,14H2,1-2H3. The molecule has 0 saturated carbocycles. The summed E-state index contributed by atoms with van der Waals surface area (Å²) in [5.74, 6) is 2.14. The predicted molar refractivity (Wildman–Crippen MR) is 114 cm³/mol. The van der Waals surface area contributed by atoms with Crippen LogP contribution in [0.3, 0.4) is 0 Å². The minimum absolute atomic E-state index is 0.235. The molecule has 148 valence electrons. The Balaban J connectivity index is 1.49. The summed E-state index contributed by atoms with van der Waals surface area (Å²) in [4.78, 5) is 4.48. The summed E-state index contributed by atoms with van der Waals surface area (Å²) in [5.41, 5.74) is 4.31. The Labute approximate surface area is 172 Å². The van der Waals surface area contributed by atoms with Crippen molar-refractivity contribution < 1.29 is 9.47 Å². The molecule has 0 aliphatic carbocycles. The number of aryl methyl sites for hydroxylation is 1. The van der Waals surface area contributed by atoms with Crippen LogP contribution in [0, 0.1) is 6.92 Å². The second kappa shape index (κ2) is 7.44. The molecule has 7 nitrogen and oxygen atoms in total. The first-order valence-electron chi connectivity index (χ1n) is 9.56. The van der Waals surface area contributed by atoms with Crippen molar-refractivity contribution >= 4 is 16.6 Å². The molecule has 0 aliphatic heterocycles. The molecule has 30 heavy (non-hydrogen) atoms. The van der Waals surface area contributed by atoms with Crippen LogP contribution in [0.5, 0.6) is 11.5 Å². The highest BCUT2D eigenvalue weighted by Gasteiger charge is 2.13. The van der Waals surface area contributed by atoms with Gasteiger partial charge < -0.3 is 9.47 Å². The Kier molecular flexibility index (Phi) is 4.48. The zero-order valence-corrected chi connectivity index (χ0v) is 16.6. The molecule has 0 aliphatic rings. The third kappa shape index (κ3) is 3.20. The van der Waals surface area contributed by atoms with Crippen molar-refractivity contribution in [2.75, 3.05) is 7.11 Å². The summed E-state index contributed by atoms with van der Waals surface area (Å²) in [6.07, 6.45) is 1.80. The van der Waals surface area contributed by atoms with Crippen molar-refractivity contribution in [3.8, 4) is 22.8 Å². The van der Waals surface area contributed by atoms with Gasteiger partial charge in [-0.3, -0.25) is 4.98 Å². The van der Waals surface area contributed by atoms with Crippen molar-refractivity contribution in [3.63, 3.8) is 0 Å². The Morgan fingerprint density at radius 3 is 2.67 bits per heavy atom. The van der Waals surface area contributed by atoms with Gasteiger partial charge in [0.15, 0.2) is 11.5 Å². The fourth-order valence-electron chi connectivity index (χ4n) is 3.39. The molecular weight excluding hydrogens is 378 g/mol. The minimum atomic E-state index is 0.235. The minimum Gasteiger partial charge on any atom is -0.497 e. The normalized spacial score (nSPS) is 11.1. The topological polar surface area (TPSA) is 74.4 Å². The number of pyridine rings is 1. The van der Waals surface area contributed by atoms with Crippen LogP contribution < -0.4 is 9.47 Å². The first-order valence-corrected chi connectivity index (χ1v) is 9.56. The van der Waals surface area contributed by atoms with Crippen LogP contribution in [-0.2, 0) is 6.61 Å². The third-order valence-corrected chi connectivity index (χ3v) is 4.95. The van der Waals surface area contributed by atoms with Crippen LogP contribution in [0.2, 0.25) is 0 Å². The first-order chi connectivity index (χ1) is 14.7. The summed E-state index contributed by atoms with van der Waals surface area (Å²) < 4.78 is 13.2. The van der Waals surface area contributed by atoms with Crippen molar-refractivity contribution in [1.82, 2.24) is 24.8 Å². The maximum absolute atomic E-state index is 6.18. The Morgan fingerprint density at radius 2 is 1.83 bits per heavy atom. The van der Waals surface area contributed by atoms with E-state index in [1.807, 2.05) is 67.6 Å². The van der Waals surface area contributed by atoms with E-state index in [4.69, 9.17) is 14.6 Å². The molecule has 0 unspecified atom stereocenters. The van der Waals surface area contributed by atoms with Gasteiger partial charge in [0.05, 0.1) is 18.3 Å². The van der Waals surface area contributed by atoms with Gasteiger partial charge in [0.25, 0.3) is 0 Å². The van der Waals surface area contributed by atoms with E-state index < -0.39 is 0 Å². The number of rotatable bonds is 5. The monoisotopic (exact) mass is 397 g/mol. The van der Waals surface area contributed by atoms with E-state index in [1.54, 1.807) is 17.8 Å². The van der Waals surface area contributed by atoms with E-state index in [9.17, 15) is 0 Å². The van der Waals surface area contributed by atoms with Gasteiger partial charge in [-0.2, -0.15) is 9.61 Å². The van der Waals surface area contributed by atoms with Crippen LogP contribution in [-0.4, -0.2) is 31.9 Å². The number of hydrogen-bond acceptors (Lipinski definition) is 6. The number of fused-ring (bicyclic) bond motifs is 2. The van der Waals surface area contributed by atoms with E-state index in [1.165, 1.54) is 0 Å². The number of nitrogens with zero attached hydrogens (tertiary/aromatic N) is 5. The number of ether oxygens (including phenoxy) is 2. The van der Waals surface area contributed by atoms with Crippen LogP contribution in [0.1, 0.15) is 11.4 Å². The lowest BCUT2D eigenvalue weighted by molar-refractivity contribution is 0.294. The molecule has 0 spiro atoms. The molecule has 0 N–H and O–H groups in total. The van der Waals surface area contributed by atoms with Crippen molar-refractivity contribution in [2.24, 2.45) is 0 Å². The predicted octanol–water partition coefficient (Wildman–Crippen LogP) is 4.24. The molecule has 3 aromatic heterocycles. The number of methoxy groups -OCH3 is 1. The van der Waals surface area contributed by atoms with Crippen LogP contribution in [0.15, 0.2) is 66.9 Å². The number of benzene rings is 2. The van der Waals surface area contributed by atoms with Gasteiger partial charge in [-0.05, 0) is 31.2 Å². The molecular formula is C23H19N5O2. The summed E-state index contributed by atoms with van der Waals surface area (Å²) in [5, 5.41) is 14.1. The summed E-state index contributed by atoms with van der Waals surface area (Å²) in [7, 11) is 1.64. The number of hydrogen-bond donors (Lipinski definition) is 0. The largest absolute Gasteiger partial charge is 0.497 e. The highest BCUT2D eigenvalue weighted by molar-refractivity contribution is 5.87. The third-order valence-electron chi connectivity index (χ3n) is 4.95.